The van der Waals surface area contributed by atoms with Crippen LogP contribution in [-0.2, 0) is 11.3 Å². The highest BCUT2D eigenvalue weighted by atomic mass is 19.1. The van der Waals surface area contributed by atoms with E-state index in [0.29, 0.717) is 18.7 Å². The molecule has 1 unspecified atom stereocenters. The van der Waals surface area contributed by atoms with Gasteiger partial charge in [0.15, 0.2) is 0 Å². The lowest BCUT2D eigenvalue weighted by Gasteiger charge is -2.34. The summed E-state index contributed by atoms with van der Waals surface area (Å²) in [5, 5.41) is 2.98. The number of halogens is 1. The normalized spacial score (nSPS) is 19.5. The summed E-state index contributed by atoms with van der Waals surface area (Å²) in [4.78, 5) is 13.4. The van der Waals surface area contributed by atoms with Crippen molar-refractivity contribution < 1.29 is 9.18 Å². The number of hydrogen-bond donors (Lipinski definition) is 2. The lowest BCUT2D eigenvalue weighted by molar-refractivity contribution is -0.122. The molecule has 0 saturated carbocycles. The van der Waals surface area contributed by atoms with Gasteiger partial charge in [0.25, 0.3) is 0 Å². The molecule has 19 heavy (non-hydrogen) atoms. The summed E-state index contributed by atoms with van der Waals surface area (Å²) >= 11 is 0. The molecule has 1 fully saturated rings. The van der Waals surface area contributed by atoms with Crippen molar-refractivity contribution in [2.75, 3.05) is 25.0 Å². The Morgan fingerprint density at radius 3 is 3.05 bits per heavy atom. The molecular formula is C14H20FN3O. The van der Waals surface area contributed by atoms with E-state index in [2.05, 4.69) is 10.2 Å². The van der Waals surface area contributed by atoms with E-state index in [-0.39, 0.29) is 17.6 Å². The van der Waals surface area contributed by atoms with Crippen LogP contribution in [0.1, 0.15) is 18.4 Å². The zero-order chi connectivity index (χ0) is 13.8. The van der Waals surface area contributed by atoms with Crippen LogP contribution in [0.2, 0.25) is 0 Å². The third-order valence-electron chi connectivity index (χ3n) is 3.61. The summed E-state index contributed by atoms with van der Waals surface area (Å²) in [6, 6.07) is 5.07. The first-order valence-electron chi connectivity index (χ1n) is 6.59. The first kappa shape index (κ1) is 13.8. The van der Waals surface area contributed by atoms with Gasteiger partial charge in [0.1, 0.15) is 5.82 Å². The number of carbonyl (C=O) groups excluding carboxylic acids is 1. The molecule has 0 aliphatic carbocycles. The van der Waals surface area contributed by atoms with Gasteiger partial charge in [-0.25, -0.2) is 4.39 Å². The molecule has 0 radical (unpaired) electrons. The predicted octanol–water partition coefficient (Wildman–Crippen LogP) is 1.25. The molecule has 1 aliphatic heterocycles. The van der Waals surface area contributed by atoms with Gasteiger partial charge in [-0.15, -0.1) is 0 Å². The van der Waals surface area contributed by atoms with Gasteiger partial charge in [-0.05, 0) is 32.0 Å². The van der Waals surface area contributed by atoms with Crippen LogP contribution >= 0.6 is 0 Å². The summed E-state index contributed by atoms with van der Waals surface area (Å²) in [5.41, 5.74) is 6.89. The van der Waals surface area contributed by atoms with E-state index >= 15 is 0 Å². The number of piperidine rings is 1. The number of benzene rings is 1. The Labute approximate surface area is 112 Å². The predicted molar refractivity (Wildman–Crippen MR) is 73.3 cm³/mol. The Kier molecular flexibility index (Phi) is 4.37. The van der Waals surface area contributed by atoms with Crippen molar-refractivity contribution in [2.24, 2.45) is 11.7 Å². The van der Waals surface area contributed by atoms with Crippen molar-refractivity contribution in [1.29, 1.82) is 0 Å². The number of carbonyl (C=O) groups is 1. The first-order chi connectivity index (χ1) is 9.13. The minimum Gasteiger partial charge on any atom is -0.370 e. The fraction of sp³-hybridized carbons (Fsp3) is 0.500. The fourth-order valence-electron chi connectivity index (χ4n) is 2.62. The maximum absolute atomic E-state index is 13.9. The smallest absolute Gasteiger partial charge is 0.222 e. The summed E-state index contributed by atoms with van der Waals surface area (Å²) in [6.07, 6.45) is 1.73. The zero-order valence-electron chi connectivity index (χ0n) is 11.2. The van der Waals surface area contributed by atoms with Crippen LogP contribution in [0.15, 0.2) is 18.2 Å². The van der Waals surface area contributed by atoms with Gasteiger partial charge in [0.05, 0.1) is 5.92 Å². The summed E-state index contributed by atoms with van der Waals surface area (Å²) in [5.74, 6) is -0.622. The van der Waals surface area contributed by atoms with Gasteiger partial charge in [-0.2, -0.15) is 0 Å². The molecule has 0 aromatic heterocycles. The first-order valence-corrected chi connectivity index (χ1v) is 6.59. The lowest BCUT2D eigenvalue weighted by Crippen LogP contribution is -2.41. The highest BCUT2D eigenvalue weighted by molar-refractivity contribution is 5.77. The highest BCUT2D eigenvalue weighted by Gasteiger charge is 2.25. The molecule has 1 amide bonds. The Bertz CT molecular complexity index is 464. The fourth-order valence-corrected chi connectivity index (χ4v) is 2.62. The number of primary amides is 1. The van der Waals surface area contributed by atoms with Crippen LogP contribution in [0.4, 0.5) is 10.1 Å². The molecule has 104 valence electrons. The number of amides is 1. The molecule has 1 saturated heterocycles. The Morgan fingerprint density at radius 1 is 1.58 bits per heavy atom. The Hall–Kier alpha value is -1.62. The topological polar surface area (TPSA) is 58.4 Å². The second kappa shape index (κ2) is 6.02. The minimum absolute atomic E-state index is 0.139. The van der Waals surface area contributed by atoms with E-state index in [1.54, 1.807) is 13.1 Å². The van der Waals surface area contributed by atoms with Crippen molar-refractivity contribution in [3.05, 3.63) is 29.6 Å². The molecule has 3 N–H and O–H groups in total. The number of nitrogens with two attached hydrogens (primary N) is 1. The van der Waals surface area contributed by atoms with Gasteiger partial charge in [-0.3, -0.25) is 4.79 Å². The molecule has 0 bridgehead atoms. The van der Waals surface area contributed by atoms with Gasteiger partial charge in [-0.1, -0.05) is 6.07 Å². The van der Waals surface area contributed by atoms with Crippen molar-refractivity contribution in [2.45, 2.75) is 19.4 Å². The summed E-state index contributed by atoms with van der Waals surface area (Å²) in [7, 11) is 1.79. The van der Waals surface area contributed by atoms with Crippen LogP contribution in [0, 0.1) is 11.7 Å². The highest BCUT2D eigenvalue weighted by Crippen LogP contribution is 2.28. The quantitative estimate of drug-likeness (QED) is 0.861. The van der Waals surface area contributed by atoms with Crippen molar-refractivity contribution in [1.82, 2.24) is 5.32 Å². The van der Waals surface area contributed by atoms with Crippen molar-refractivity contribution in [3.8, 4) is 0 Å². The van der Waals surface area contributed by atoms with Gasteiger partial charge in [0, 0.05) is 30.9 Å². The molecule has 4 nitrogen and oxygen atoms in total. The maximum atomic E-state index is 13.9. The van der Waals surface area contributed by atoms with E-state index in [9.17, 15) is 9.18 Å². The molecule has 1 aromatic carbocycles. The monoisotopic (exact) mass is 265 g/mol. The van der Waals surface area contributed by atoms with Crippen LogP contribution < -0.4 is 16.0 Å². The average Bonchev–Trinajstić information content (AvgIpc) is 2.41. The number of nitrogens with zero attached hydrogens (tertiary/aromatic N) is 1. The largest absolute Gasteiger partial charge is 0.370 e. The van der Waals surface area contributed by atoms with Gasteiger partial charge < -0.3 is 16.0 Å². The molecule has 1 heterocycles. The van der Waals surface area contributed by atoms with E-state index in [4.69, 9.17) is 5.73 Å². The van der Waals surface area contributed by atoms with Gasteiger partial charge >= 0.3 is 0 Å². The molecule has 1 aliphatic rings. The Balaban J connectivity index is 2.25. The third kappa shape index (κ3) is 3.04. The van der Waals surface area contributed by atoms with E-state index in [1.807, 2.05) is 6.07 Å². The second-order valence-electron chi connectivity index (χ2n) is 4.96. The molecule has 5 heteroatoms. The van der Waals surface area contributed by atoms with Crippen molar-refractivity contribution in [3.63, 3.8) is 0 Å². The third-order valence-corrected chi connectivity index (χ3v) is 3.61. The number of anilines is 1. The molecule has 0 spiro atoms. The SMILES string of the molecule is CNCc1c(F)cccc1N1CCCC(C(N)=O)C1. The molecular weight excluding hydrogens is 245 g/mol. The van der Waals surface area contributed by atoms with Crippen LogP contribution in [0.25, 0.3) is 0 Å². The molecule has 1 atom stereocenters. The van der Waals surface area contributed by atoms with E-state index < -0.39 is 0 Å². The minimum atomic E-state index is -0.267. The number of nitrogens with one attached hydrogen (secondary N) is 1. The molecule has 2 rings (SSSR count). The second-order valence-corrected chi connectivity index (χ2v) is 4.96. The summed E-state index contributed by atoms with van der Waals surface area (Å²) < 4.78 is 13.9. The standard InChI is InChI=1S/C14H20FN3O/c1-17-8-11-12(15)5-2-6-13(11)18-7-3-4-10(9-18)14(16)19/h2,5-6,10,17H,3-4,7-9H2,1H3,(H2,16,19). The van der Waals surface area contributed by atoms with Crippen LogP contribution in [0.5, 0.6) is 0 Å². The number of hydrogen-bond acceptors (Lipinski definition) is 3. The average molecular weight is 265 g/mol. The zero-order valence-corrected chi connectivity index (χ0v) is 11.2. The Morgan fingerprint density at radius 2 is 2.37 bits per heavy atom. The van der Waals surface area contributed by atoms with Crippen LogP contribution in [0.3, 0.4) is 0 Å². The van der Waals surface area contributed by atoms with E-state index in [1.165, 1.54) is 6.07 Å². The number of rotatable bonds is 4. The maximum Gasteiger partial charge on any atom is 0.222 e. The van der Waals surface area contributed by atoms with Gasteiger partial charge in [0.2, 0.25) is 5.91 Å². The lowest BCUT2D eigenvalue weighted by atomic mass is 9.96. The summed E-state index contributed by atoms with van der Waals surface area (Å²) in [6.45, 7) is 1.89. The van der Waals surface area contributed by atoms with E-state index in [0.717, 1.165) is 25.1 Å². The van der Waals surface area contributed by atoms with Crippen LogP contribution in [-0.4, -0.2) is 26.0 Å². The molecule has 1 aromatic rings. The van der Waals surface area contributed by atoms with Crippen molar-refractivity contribution >= 4 is 11.6 Å².